The Balaban J connectivity index is 3.14. The van der Waals surface area contributed by atoms with Crippen LogP contribution in [0.4, 0.5) is 11.4 Å². The number of nitrogen functional groups attached to an aromatic ring is 1. The molecule has 0 aromatic heterocycles. The van der Waals surface area contributed by atoms with Crippen LogP contribution in [0, 0.1) is 0 Å². The van der Waals surface area contributed by atoms with Crippen LogP contribution in [0.2, 0.25) is 0 Å². The standard InChI is InChI=1S/C15H24N2O3/c1-5-8-17(11(2)10-19-3)14-9-12(15(18)20-4)6-7-13(14)16/h6-7,9,11H,5,8,10,16H2,1-4H3. The predicted octanol–water partition coefficient (Wildman–Crippen LogP) is 2.31. The number of rotatable bonds is 7. The Kier molecular flexibility index (Phi) is 6.31. The second-order valence-electron chi connectivity index (χ2n) is 4.76. The smallest absolute Gasteiger partial charge is 0.337 e. The molecule has 2 N–H and O–H groups in total. The summed E-state index contributed by atoms with van der Waals surface area (Å²) in [4.78, 5) is 13.8. The first kappa shape index (κ1) is 16.3. The summed E-state index contributed by atoms with van der Waals surface area (Å²) in [5.41, 5.74) is 8.06. The SMILES string of the molecule is CCCN(c1cc(C(=O)OC)ccc1N)C(C)COC. The van der Waals surface area contributed by atoms with E-state index in [1.807, 2.05) is 0 Å². The molecule has 1 rings (SSSR count). The maximum atomic E-state index is 11.6. The van der Waals surface area contributed by atoms with Gasteiger partial charge in [0.15, 0.2) is 0 Å². The second-order valence-corrected chi connectivity index (χ2v) is 4.76. The summed E-state index contributed by atoms with van der Waals surface area (Å²) in [6.45, 7) is 5.62. The topological polar surface area (TPSA) is 64.8 Å². The van der Waals surface area contributed by atoms with Crippen molar-refractivity contribution in [1.29, 1.82) is 0 Å². The number of ether oxygens (including phenoxy) is 2. The van der Waals surface area contributed by atoms with E-state index in [1.165, 1.54) is 7.11 Å². The molecule has 0 fully saturated rings. The normalized spacial score (nSPS) is 12.0. The zero-order chi connectivity index (χ0) is 15.1. The zero-order valence-electron chi connectivity index (χ0n) is 12.7. The van der Waals surface area contributed by atoms with Crippen molar-refractivity contribution in [2.24, 2.45) is 0 Å². The van der Waals surface area contributed by atoms with Crippen molar-refractivity contribution in [3.05, 3.63) is 23.8 Å². The molecule has 0 amide bonds. The summed E-state index contributed by atoms with van der Waals surface area (Å²) in [7, 11) is 3.05. The number of nitrogens with zero attached hydrogens (tertiary/aromatic N) is 1. The average Bonchev–Trinajstić information content (AvgIpc) is 2.45. The zero-order valence-corrected chi connectivity index (χ0v) is 12.7. The summed E-state index contributed by atoms with van der Waals surface area (Å²) in [5, 5.41) is 0. The van der Waals surface area contributed by atoms with Crippen LogP contribution < -0.4 is 10.6 Å². The molecule has 1 unspecified atom stereocenters. The van der Waals surface area contributed by atoms with Gasteiger partial charge in [0.1, 0.15) is 0 Å². The highest BCUT2D eigenvalue weighted by Gasteiger charge is 2.18. The van der Waals surface area contributed by atoms with Gasteiger partial charge in [-0.05, 0) is 31.5 Å². The first-order valence-corrected chi connectivity index (χ1v) is 6.78. The Morgan fingerprint density at radius 2 is 2.10 bits per heavy atom. The maximum absolute atomic E-state index is 11.6. The lowest BCUT2D eigenvalue weighted by atomic mass is 10.1. The molecule has 0 heterocycles. The number of anilines is 2. The molecule has 0 saturated heterocycles. The highest BCUT2D eigenvalue weighted by Crippen LogP contribution is 2.27. The lowest BCUT2D eigenvalue weighted by molar-refractivity contribution is 0.0601. The Bertz CT molecular complexity index is 449. The molecule has 0 aliphatic heterocycles. The van der Waals surface area contributed by atoms with Crippen LogP contribution in [-0.2, 0) is 9.47 Å². The van der Waals surface area contributed by atoms with Crippen LogP contribution in [0.15, 0.2) is 18.2 Å². The van der Waals surface area contributed by atoms with Crippen LogP contribution in [0.25, 0.3) is 0 Å². The van der Waals surface area contributed by atoms with Gasteiger partial charge in [-0.15, -0.1) is 0 Å². The van der Waals surface area contributed by atoms with Gasteiger partial charge in [0.05, 0.1) is 30.7 Å². The van der Waals surface area contributed by atoms with Crippen molar-refractivity contribution in [1.82, 2.24) is 0 Å². The van der Waals surface area contributed by atoms with Crippen LogP contribution in [-0.4, -0.2) is 39.4 Å². The Morgan fingerprint density at radius 1 is 1.40 bits per heavy atom. The van der Waals surface area contributed by atoms with Crippen molar-refractivity contribution in [2.45, 2.75) is 26.3 Å². The van der Waals surface area contributed by atoms with E-state index in [2.05, 4.69) is 18.7 Å². The van der Waals surface area contributed by atoms with E-state index >= 15 is 0 Å². The lowest BCUT2D eigenvalue weighted by Gasteiger charge is -2.32. The number of benzene rings is 1. The molecule has 0 aliphatic carbocycles. The Morgan fingerprint density at radius 3 is 2.65 bits per heavy atom. The van der Waals surface area contributed by atoms with Crippen molar-refractivity contribution in [2.75, 3.05) is 38.0 Å². The van der Waals surface area contributed by atoms with Gasteiger partial charge in [-0.2, -0.15) is 0 Å². The minimum absolute atomic E-state index is 0.176. The Hall–Kier alpha value is -1.75. The molecule has 1 atom stereocenters. The van der Waals surface area contributed by atoms with E-state index < -0.39 is 0 Å². The first-order chi connectivity index (χ1) is 9.54. The molecule has 0 spiro atoms. The minimum Gasteiger partial charge on any atom is -0.465 e. The highest BCUT2D eigenvalue weighted by molar-refractivity contribution is 5.92. The number of carbonyl (C=O) groups excluding carboxylic acids is 1. The van der Waals surface area contributed by atoms with Gasteiger partial charge >= 0.3 is 5.97 Å². The van der Waals surface area contributed by atoms with E-state index in [1.54, 1.807) is 25.3 Å². The molecule has 1 aromatic carbocycles. The molecular formula is C15H24N2O3. The molecule has 20 heavy (non-hydrogen) atoms. The third-order valence-electron chi connectivity index (χ3n) is 3.17. The van der Waals surface area contributed by atoms with Gasteiger partial charge in [-0.1, -0.05) is 6.92 Å². The number of hydrogen-bond acceptors (Lipinski definition) is 5. The fourth-order valence-electron chi connectivity index (χ4n) is 2.19. The van der Waals surface area contributed by atoms with E-state index in [-0.39, 0.29) is 12.0 Å². The number of methoxy groups -OCH3 is 2. The van der Waals surface area contributed by atoms with Gasteiger partial charge in [0.25, 0.3) is 0 Å². The largest absolute Gasteiger partial charge is 0.465 e. The van der Waals surface area contributed by atoms with Crippen LogP contribution >= 0.6 is 0 Å². The number of esters is 1. The van der Waals surface area contributed by atoms with Crippen molar-refractivity contribution < 1.29 is 14.3 Å². The predicted molar refractivity (Wildman–Crippen MR) is 81.2 cm³/mol. The molecule has 0 radical (unpaired) electrons. The second kappa shape index (κ2) is 7.75. The summed E-state index contributed by atoms with van der Waals surface area (Å²) in [6.07, 6.45) is 0.982. The summed E-state index contributed by atoms with van der Waals surface area (Å²) in [6, 6.07) is 5.37. The van der Waals surface area contributed by atoms with Crippen molar-refractivity contribution >= 4 is 17.3 Å². The Labute approximate surface area is 120 Å². The quantitative estimate of drug-likeness (QED) is 0.613. The lowest BCUT2D eigenvalue weighted by Crippen LogP contribution is -2.37. The molecule has 5 nitrogen and oxygen atoms in total. The first-order valence-electron chi connectivity index (χ1n) is 6.78. The third kappa shape index (κ3) is 3.87. The van der Waals surface area contributed by atoms with E-state index in [9.17, 15) is 4.79 Å². The van der Waals surface area contributed by atoms with E-state index in [4.69, 9.17) is 15.2 Å². The summed E-state index contributed by atoms with van der Waals surface area (Å²) < 4.78 is 9.97. The molecular weight excluding hydrogens is 256 g/mol. The monoisotopic (exact) mass is 280 g/mol. The summed E-state index contributed by atoms with van der Waals surface area (Å²) in [5.74, 6) is -0.359. The van der Waals surface area contributed by atoms with Crippen LogP contribution in [0.1, 0.15) is 30.6 Å². The van der Waals surface area contributed by atoms with E-state index in [0.29, 0.717) is 17.9 Å². The van der Waals surface area contributed by atoms with Crippen LogP contribution in [0.3, 0.4) is 0 Å². The van der Waals surface area contributed by atoms with Gasteiger partial charge < -0.3 is 20.1 Å². The van der Waals surface area contributed by atoms with E-state index in [0.717, 1.165) is 18.7 Å². The molecule has 5 heteroatoms. The highest BCUT2D eigenvalue weighted by atomic mass is 16.5. The van der Waals surface area contributed by atoms with Gasteiger partial charge in [-0.3, -0.25) is 0 Å². The number of carbonyl (C=O) groups is 1. The molecule has 112 valence electrons. The number of hydrogen-bond donors (Lipinski definition) is 1. The average molecular weight is 280 g/mol. The molecule has 0 bridgehead atoms. The van der Waals surface area contributed by atoms with Crippen LogP contribution in [0.5, 0.6) is 0 Å². The maximum Gasteiger partial charge on any atom is 0.337 e. The molecule has 1 aromatic rings. The van der Waals surface area contributed by atoms with Gasteiger partial charge in [0.2, 0.25) is 0 Å². The van der Waals surface area contributed by atoms with Crippen molar-refractivity contribution in [3.63, 3.8) is 0 Å². The van der Waals surface area contributed by atoms with Crippen molar-refractivity contribution in [3.8, 4) is 0 Å². The molecule has 0 saturated carbocycles. The fourth-order valence-corrected chi connectivity index (χ4v) is 2.19. The number of nitrogens with two attached hydrogens (primary N) is 1. The summed E-state index contributed by atoms with van der Waals surface area (Å²) >= 11 is 0. The minimum atomic E-state index is -0.359. The third-order valence-corrected chi connectivity index (χ3v) is 3.17. The molecule has 0 aliphatic rings. The van der Waals surface area contributed by atoms with Gasteiger partial charge in [0, 0.05) is 19.7 Å². The van der Waals surface area contributed by atoms with Gasteiger partial charge in [-0.25, -0.2) is 4.79 Å². The fraction of sp³-hybridized carbons (Fsp3) is 0.533.